The third-order valence-corrected chi connectivity index (χ3v) is 0. The van der Waals surface area contributed by atoms with E-state index in [4.69, 9.17) is 5.73 Å². The van der Waals surface area contributed by atoms with Gasteiger partial charge in [0.15, 0.2) is 0 Å². The van der Waals surface area contributed by atoms with Crippen molar-refractivity contribution in [3.63, 3.8) is 0 Å². The molecule has 1 nitrogen and oxygen atoms in total. The lowest BCUT2D eigenvalue weighted by atomic mass is 10.4. The van der Waals surface area contributed by atoms with Crippen LogP contribution in [-0.2, 0) is 0 Å². The van der Waals surface area contributed by atoms with Crippen LogP contribution in [-0.4, -0.2) is 5.28 Å². The van der Waals surface area contributed by atoms with Crippen molar-refractivity contribution >= 4 is 9.24 Å². The molecule has 1 unspecified atom stereocenters. The van der Waals surface area contributed by atoms with E-state index in [2.05, 4.69) is 23.1 Å². The standard InChI is InChI=1S/C3H10NP.C3H8/c1-3(2,4)5;1-3-2/h4-5H2,1-2H3;3H2,1-2H3. The second kappa shape index (κ2) is 5.53. The lowest BCUT2D eigenvalue weighted by Gasteiger charge is -2.06. The van der Waals surface area contributed by atoms with Gasteiger partial charge in [-0.2, -0.15) is 0 Å². The van der Waals surface area contributed by atoms with E-state index < -0.39 is 0 Å². The van der Waals surface area contributed by atoms with Gasteiger partial charge in [-0.3, -0.25) is 0 Å². The maximum atomic E-state index is 5.32. The van der Waals surface area contributed by atoms with Crippen LogP contribution in [0.3, 0.4) is 0 Å². The van der Waals surface area contributed by atoms with Gasteiger partial charge in [-0.1, -0.05) is 20.3 Å². The van der Waals surface area contributed by atoms with Gasteiger partial charge in [-0.05, 0) is 13.8 Å². The Morgan fingerprint density at radius 3 is 1.38 bits per heavy atom. The second-order valence-corrected chi connectivity index (χ2v) is 4.02. The Morgan fingerprint density at radius 1 is 1.38 bits per heavy atom. The first kappa shape index (κ1) is 11.2. The van der Waals surface area contributed by atoms with E-state index in [1.54, 1.807) is 0 Å². The molecule has 0 aliphatic rings. The molecule has 0 aromatic carbocycles. The molecule has 2 heteroatoms. The van der Waals surface area contributed by atoms with Crippen molar-refractivity contribution < 1.29 is 0 Å². The van der Waals surface area contributed by atoms with Crippen LogP contribution in [0.5, 0.6) is 0 Å². The third kappa shape index (κ3) is 1220. The van der Waals surface area contributed by atoms with Gasteiger partial charge in [0.2, 0.25) is 0 Å². The van der Waals surface area contributed by atoms with Crippen LogP contribution < -0.4 is 5.73 Å². The molecule has 0 bridgehead atoms. The quantitative estimate of drug-likeness (QED) is 0.505. The third-order valence-electron chi connectivity index (χ3n) is 0. The molecule has 1 atom stereocenters. The molecule has 8 heavy (non-hydrogen) atoms. The van der Waals surface area contributed by atoms with Gasteiger partial charge < -0.3 is 5.73 Å². The molecule has 0 amide bonds. The minimum absolute atomic E-state index is 0.0833. The van der Waals surface area contributed by atoms with E-state index in [-0.39, 0.29) is 5.28 Å². The van der Waals surface area contributed by atoms with Crippen LogP contribution in [0.25, 0.3) is 0 Å². The largest absolute Gasteiger partial charge is 0.322 e. The molecular weight excluding hydrogens is 117 g/mol. The molecule has 0 aliphatic heterocycles. The average molecular weight is 135 g/mol. The zero-order valence-electron chi connectivity index (χ0n) is 6.36. The van der Waals surface area contributed by atoms with E-state index in [1.165, 1.54) is 6.42 Å². The molecule has 0 aliphatic carbocycles. The summed E-state index contributed by atoms with van der Waals surface area (Å²) in [6.45, 7) is 8.11. The Kier molecular flexibility index (Phi) is 7.75. The molecule has 0 spiro atoms. The Morgan fingerprint density at radius 2 is 1.38 bits per heavy atom. The predicted molar refractivity (Wildman–Crippen MR) is 43.9 cm³/mol. The van der Waals surface area contributed by atoms with Crippen molar-refractivity contribution in [2.45, 2.75) is 39.4 Å². The summed E-state index contributed by atoms with van der Waals surface area (Å²) < 4.78 is 0. The highest BCUT2D eigenvalue weighted by atomic mass is 31.0. The molecule has 0 saturated heterocycles. The smallest absolute Gasteiger partial charge is 0.0240 e. The van der Waals surface area contributed by atoms with Gasteiger partial charge in [0.05, 0.1) is 0 Å². The molecule has 2 N–H and O–H groups in total. The van der Waals surface area contributed by atoms with Crippen LogP contribution in [0.4, 0.5) is 0 Å². The van der Waals surface area contributed by atoms with E-state index in [1.807, 2.05) is 13.8 Å². The number of hydrogen-bond acceptors (Lipinski definition) is 1. The summed E-state index contributed by atoms with van der Waals surface area (Å²) >= 11 is 0. The minimum atomic E-state index is -0.0833. The molecule has 0 aromatic rings. The van der Waals surface area contributed by atoms with Crippen LogP contribution >= 0.6 is 9.24 Å². The highest BCUT2D eigenvalue weighted by Gasteiger charge is 1.95. The van der Waals surface area contributed by atoms with E-state index in [0.29, 0.717) is 0 Å². The van der Waals surface area contributed by atoms with Gasteiger partial charge in [0.1, 0.15) is 0 Å². The fourth-order valence-corrected chi connectivity index (χ4v) is 0. The van der Waals surface area contributed by atoms with E-state index >= 15 is 0 Å². The normalized spacial score (nSPS) is 9.75. The number of hydrogen-bond donors (Lipinski definition) is 1. The van der Waals surface area contributed by atoms with Crippen molar-refractivity contribution in [2.75, 3.05) is 0 Å². The van der Waals surface area contributed by atoms with Crippen LogP contribution in [0, 0.1) is 0 Å². The summed E-state index contributed by atoms with van der Waals surface area (Å²) in [6.07, 6.45) is 1.25. The van der Waals surface area contributed by atoms with E-state index in [0.717, 1.165) is 0 Å². The maximum absolute atomic E-state index is 5.32. The zero-order valence-corrected chi connectivity index (χ0v) is 7.52. The first-order chi connectivity index (χ1) is 3.41. The lowest BCUT2D eigenvalue weighted by Crippen LogP contribution is -2.21. The minimum Gasteiger partial charge on any atom is -0.322 e. The molecule has 0 fully saturated rings. The van der Waals surface area contributed by atoms with Crippen LogP contribution in [0.2, 0.25) is 0 Å². The summed E-state index contributed by atoms with van der Waals surface area (Å²) in [5, 5.41) is -0.0833. The zero-order chi connectivity index (χ0) is 7.21. The molecule has 0 radical (unpaired) electrons. The molecular formula is C6H18NP. The summed E-state index contributed by atoms with van der Waals surface area (Å²) in [6, 6.07) is 0. The van der Waals surface area contributed by atoms with Crippen LogP contribution in [0.1, 0.15) is 34.1 Å². The summed E-state index contributed by atoms with van der Waals surface area (Å²) in [5.74, 6) is 0. The Bertz CT molecular complexity index is 32.3. The van der Waals surface area contributed by atoms with Crippen LogP contribution in [0.15, 0.2) is 0 Å². The molecule has 0 aromatic heterocycles. The van der Waals surface area contributed by atoms with Gasteiger partial charge >= 0.3 is 0 Å². The molecule has 0 saturated carbocycles. The Balaban J connectivity index is 0. The summed E-state index contributed by atoms with van der Waals surface area (Å²) in [7, 11) is 2.49. The lowest BCUT2D eigenvalue weighted by molar-refractivity contribution is 0.759. The van der Waals surface area contributed by atoms with Crippen molar-refractivity contribution in [3.05, 3.63) is 0 Å². The Labute approximate surface area is 55.2 Å². The molecule has 52 valence electrons. The van der Waals surface area contributed by atoms with Crippen molar-refractivity contribution in [2.24, 2.45) is 5.73 Å². The predicted octanol–water partition coefficient (Wildman–Crippen LogP) is 1.97. The topological polar surface area (TPSA) is 26.0 Å². The van der Waals surface area contributed by atoms with Crippen molar-refractivity contribution in [1.29, 1.82) is 0 Å². The number of rotatable bonds is 0. The highest BCUT2D eigenvalue weighted by Crippen LogP contribution is 2.04. The Hall–Kier alpha value is 0.390. The average Bonchev–Trinajstić information content (AvgIpc) is 1.27. The maximum Gasteiger partial charge on any atom is 0.0240 e. The first-order valence-electron chi connectivity index (χ1n) is 2.99. The van der Waals surface area contributed by atoms with Crippen molar-refractivity contribution in [3.8, 4) is 0 Å². The van der Waals surface area contributed by atoms with Gasteiger partial charge in [0, 0.05) is 5.28 Å². The van der Waals surface area contributed by atoms with Gasteiger partial charge in [0.25, 0.3) is 0 Å². The highest BCUT2D eigenvalue weighted by molar-refractivity contribution is 7.18. The summed E-state index contributed by atoms with van der Waals surface area (Å²) in [4.78, 5) is 0. The summed E-state index contributed by atoms with van der Waals surface area (Å²) in [5.41, 5.74) is 5.32. The number of nitrogens with two attached hydrogens (primary N) is 1. The monoisotopic (exact) mass is 135 g/mol. The second-order valence-electron chi connectivity index (χ2n) is 2.53. The fraction of sp³-hybridized carbons (Fsp3) is 1.00. The van der Waals surface area contributed by atoms with Crippen molar-refractivity contribution in [1.82, 2.24) is 0 Å². The molecule has 0 rings (SSSR count). The van der Waals surface area contributed by atoms with Gasteiger partial charge in [-0.25, -0.2) is 0 Å². The SMILES string of the molecule is CC(C)(N)P.CCC. The van der Waals surface area contributed by atoms with Gasteiger partial charge in [-0.15, -0.1) is 9.24 Å². The first-order valence-corrected chi connectivity index (χ1v) is 3.57. The van der Waals surface area contributed by atoms with E-state index in [9.17, 15) is 0 Å². The fourth-order valence-electron chi connectivity index (χ4n) is 0. The molecule has 0 heterocycles.